The average Bonchev–Trinajstić information content (AvgIpc) is 2.26. The van der Waals surface area contributed by atoms with E-state index in [0.717, 1.165) is 0 Å². The Hall–Kier alpha value is -1.04. The van der Waals surface area contributed by atoms with Crippen LogP contribution in [0.2, 0.25) is 0 Å². The summed E-state index contributed by atoms with van der Waals surface area (Å²) in [6, 6.07) is 8.60. The maximum absolute atomic E-state index is 3.87. The van der Waals surface area contributed by atoms with Crippen LogP contribution in [0.5, 0.6) is 0 Å². The molecule has 1 rings (SSSR count). The first-order chi connectivity index (χ1) is 6.83. The Kier molecular flexibility index (Phi) is 4.45. The maximum atomic E-state index is 3.87. The van der Waals surface area contributed by atoms with Gasteiger partial charge in [-0.3, -0.25) is 0 Å². The third-order valence-electron chi connectivity index (χ3n) is 2.79. The fourth-order valence-electron chi connectivity index (χ4n) is 2.00. The Labute approximate surface area is 87.7 Å². The molecule has 0 saturated heterocycles. The van der Waals surface area contributed by atoms with Gasteiger partial charge in [0, 0.05) is 0 Å². The summed E-state index contributed by atoms with van der Waals surface area (Å²) in [5, 5.41) is 0. The van der Waals surface area contributed by atoms with Crippen molar-refractivity contribution in [1.82, 2.24) is 0 Å². The summed E-state index contributed by atoms with van der Waals surface area (Å²) < 4.78 is 0. The van der Waals surface area contributed by atoms with E-state index in [4.69, 9.17) is 0 Å². The SMILES string of the molecule is C=Cc1ccccc1C(CC)CCC. The Morgan fingerprint density at radius 1 is 1.29 bits per heavy atom. The molecule has 0 aliphatic heterocycles. The Morgan fingerprint density at radius 3 is 2.57 bits per heavy atom. The molecule has 0 aliphatic rings. The molecule has 0 spiro atoms. The minimum Gasteiger partial charge on any atom is -0.0985 e. The molecule has 0 radical (unpaired) electrons. The van der Waals surface area contributed by atoms with Gasteiger partial charge >= 0.3 is 0 Å². The van der Waals surface area contributed by atoms with Gasteiger partial charge in [0.1, 0.15) is 0 Å². The second-order valence-electron chi connectivity index (χ2n) is 3.73. The van der Waals surface area contributed by atoms with Gasteiger partial charge in [-0.15, -0.1) is 0 Å². The molecule has 0 aromatic heterocycles. The zero-order valence-corrected chi connectivity index (χ0v) is 9.29. The molecule has 0 aliphatic carbocycles. The molecule has 1 aromatic carbocycles. The smallest absolute Gasteiger partial charge is 0.0159 e. The molecule has 0 amide bonds. The lowest BCUT2D eigenvalue weighted by Gasteiger charge is -2.16. The summed E-state index contributed by atoms with van der Waals surface area (Å²) in [7, 11) is 0. The van der Waals surface area contributed by atoms with Crippen LogP contribution in [0.1, 0.15) is 50.2 Å². The molecule has 0 heterocycles. The van der Waals surface area contributed by atoms with Gasteiger partial charge in [-0.25, -0.2) is 0 Å². The lowest BCUT2D eigenvalue weighted by atomic mass is 9.89. The van der Waals surface area contributed by atoms with Crippen LogP contribution in [-0.4, -0.2) is 0 Å². The average molecular weight is 188 g/mol. The van der Waals surface area contributed by atoms with E-state index in [9.17, 15) is 0 Å². The highest BCUT2D eigenvalue weighted by atomic mass is 14.1. The summed E-state index contributed by atoms with van der Waals surface area (Å²) >= 11 is 0. The molecule has 0 N–H and O–H groups in total. The minimum absolute atomic E-state index is 0.703. The van der Waals surface area contributed by atoms with Crippen molar-refractivity contribution < 1.29 is 0 Å². The van der Waals surface area contributed by atoms with Crippen LogP contribution < -0.4 is 0 Å². The number of benzene rings is 1. The van der Waals surface area contributed by atoms with Crippen LogP contribution in [0.4, 0.5) is 0 Å². The van der Waals surface area contributed by atoms with Crippen molar-refractivity contribution >= 4 is 6.08 Å². The highest BCUT2D eigenvalue weighted by molar-refractivity contribution is 5.52. The fraction of sp³-hybridized carbons (Fsp3) is 0.429. The van der Waals surface area contributed by atoms with E-state index in [2.05, 4.69) is 44.7 Å². The molecule has 0 fully saturated rings. The zero-order chi connectivity index (χ0) is 10.4. The monoisotopic (exact) mass is 188 g/mol. The maximum Gasteiger partial charge on any atom is -0.0159 e. The van der Waals surface area contributed by atoms with Crippen LogP contribution in [0.15, 0.2) is 30.8 Å². The Morgan fingerprint density at radius 2 is 2.00 bits per heavy atom. The summed E-state index contributed by atoms with van der Waals surface area (Å²) in [6.07, 6.45) is 5.72. The van der Waals surface area contributed by atoms with Gasteiger partial charge in [0.2, 0.25) is 0 Å². The molecule has 76 valence electrons. The van der Waals surface area contributed by atoms with Gasteiger partial charge in [0.25, 0.3) is 0 Å². The molecule has 1 unspecified atom stereocenters. The van der Waals surface area contributed by atoms with Crippen molar-refractivity contribution in [2.75, 3.05) is 0 Å². The second kappa shape index (κ2) is 5.64. The van der Waals surface area contributed by atoms with E-state index < -0.39 is 0 Å². The van der Waals surface area contributed by atoms with Crippen LogP contribution in [0.3, 0.4) is 0 Å². The van der Waals surface area contributed by atoms with Crippen LogP contribution in [0.25, 0.3) is 6.08 Å². The zero-order valence-electron chi connectivity index (χ0n) is 9.29. The van der Waals surface area contributed by atoms with Gasteiger partial charge in [0.15, 0.2) is 0 Å². The minimum atomic E-state index is 0.703. The Bertz CT molecular complexity index is 286. The van der Waals surface area contributed by atoms with Gasteiger partial charge in [-0.2, -0.15) is 0 Å². The van der Waals surface area contributed by atoms with E-state index in [1.165, 1.54) is 30.4 Å². The standard InChI is InChI=1S/C14H20/c1-4-9-12(5-2)14-11-8-7-10-13(14)6-3/h6-8,10-12H,3-5,9H2,1-2H3. The molecular formula is C14H20. The highest BCUT2D eigenvalue weighted by Gasteiger charge is 2.10. The summed E-state index contributed by atoms with van der Waals surface area (Å²) in [6.45, 7) is 8.38. The summed E-state index contributed by atoms with van der Waals surface area (Å²) in [4.78, 5) is 0. The van der Waals surface area contributed by atoms with Crippen molar-refractivity contribution in [3.8, 4) is 0 Å². The first-order valence-corrected chi connectivity index (χ1v) is 5.54. The van der Waals surface area contributed by atoms with Gasteiger partial charge in [0.05, 0.1) is 0 Å². The fourth-order valence-corrected chi connectivity index (χ4v) is 2.00. The van der Waals surface area contributed by atoms with Crippen molar-refractivity contribution in [1.29, 1.82) is 0 Å². The van der Waals surface area contributed by atoms with E-state index in [1.807, 2.05) is 6.08 Å². The number of hydrogen-bond donors (Lipinski definition) is 0. The van der Waals surface area contributed by atoms with Gasteiger partial charge in [-0.05, 0) is 29.9 Å². The third kappa shape index (κ3) is 2.47. The summed E-state index contributed by atoms with van der Waals surface area (Å²) in [5.74, 6) is 0.703. The normalized spacial score (nSPS) is 12.4. The number of rotatable bonds is 5. The van der Waals surface area contributed by atoms with Crippen molar-refractivity contribution in [2.45, 2.75) is 39.0 Å². The second-order valence-corrected chi connectivity index (χ2v) is 3.73. The first-order valence-electron chi connectivity index (χ1n) is 5.54. The lowest BCUT2D eigenvalue weighted by Crippen LogP contribution is -1.99. The van der Waals surface area contributed by atoms with Crippen LogP contribution in [-0.2, 0) is 0 Å². The van der Waals surface area contributed by atoms with Crippen LogP contribution in [0, 0.1) is 0 Å². The quantitative estimate of drug-likeness (QED) is 0.632. The largest absolute Gasteiger partial charge is 0.0985 e. The lowest BCUT2D eigenvalue weighted by molar-refractivity contribution is 0.595. The molecule has 1 atom stereocenters. The van der Waals surface area contributed by atoms with Crippen molar-refractivity contribution in [2.24, 2.45) is 0 Å². The van der Waals surface area contributed by atoms with E-state index >= 15 is 0 Å². The molecule has 0 bridgehead atoms. The van der Waals surface area contributed by atoms with E-state index in [1.54, 1.807) is 0 Å². The van der Waals surface area contributed by atoms with Crippen molar-refractivity contribution in [3.05, 3.63) is 42.0 Å². The van der Waals surface area contributed by atoms with E-state index in [0.29, 0.717) is 5.92 Å². The molecule has 0 saturated carbocycles. The predicted octanol–water partition coefficient (Wildman–Crippen LogP) is 4.62. The molecule has 14 heavy (non-hydrogen) atoms. The highest BCUT2D eigenvalue weighted by Crippen LogP contribution is 2.27. The predicted molar refractivity (Wildman–Crippen MR) is 64.5 cm³/mol. The molecule has 0 heteroatoms. The molecule has 1 aromatic rings. The number of hydrogen-bond acceptors (Lipinski definition) is 0. The third-order valence-corrected chi connectivity index (χ3v) is 2.79. The van der Waals surface area contributed by atoms with Gasteiger partial charge < -0.3 is 0 Å². The first kappa shape index (κ1) is 11.0. The summed E-state index contributed by atoms with van der Waals surface area (Å²) in [5.41, 5.74) is 2.76. The van der Waals surface area contributed by atoms with E-state index in [-0.39, 0.29) is 0 Å². The topological polar surface area (TPSA) is 0 Å². The molecule has 0 nitrogen and oxygen atoms in total. The van der Waals surface area contributed by atoms with Crippen LogP contribution >= 0.6 is 0 Å². The van der Waals surface area contributed by atoms with Gasteiger partial charge in [-0.1, -0.05) is 57.2 Å². The Balaban J connectivity index is 2.95. The molecular weight excluding hydrogens is 168 g/mol. The van der Waals surface area contributed by atoms with Crippen molar-refractivity contribution in [3.63, 3.8) is 0 Å².